The van der Waals surface area contributed by atoms with E-state index in [2.05, 4.69) is 5.32 Å². The van der Waals surface area contributed by atoms with Crippen LogP contribution < -0.4 is 5.32 Å². The summed E-state index contributed by atoms with van der Waals surface area (Å²) in [5.74, 6) is -0.379. The zero-order valence-corrected chi connectivity index (χ0v) is 16.3. The van der Waals surface area contributed by atoms with Crippen LogP contribution in [0, 0.1) is 5.92 Å². The molecule has 142 valence electrons. The summed E-state index contributed by atoms with van der Waals surface area (Å²) in [7, 11) is 0. The molecule has 1 N–H and O–H groups in total. The molecule has 6 heteroatoms. The van der Waals surface area contributed by atoms with E-state index in [0.29, 0.717) is 17.5 Å². The second-order valence-corrected chi connectivity index (χ2v) is 8.16. The van der Waals surface area contributed by atoms with Gasteiger partial charge in [0, 0.05) is 0 Å². The number of benzene rings is 1. The van der Waals surface area contributed by atoms with Crippen molar-refractivity contribution in [2.75, 3.05) is 0 Å². The van der Waals surface area contributed by atoms with Crippen molar-refractivity contribution < 1.29 is 19.1 Å². The molecule has 0 saturated carbocycles. The second kappa shape index (κ2) is 7.48. The molecule has 26 heavy (non-hydrogen) atoms. The van der Waals surface area contributed by atoms with Crippen molar-refractivity contribution in [1.29, 1.82) is 0 Å². The molecule has 2 rings (SSSR count). The molecular weight excluding hydrogens is 332 g/mol. The quantitative estimate of drug-likeness (QED) is 0.814. The van der Waals surface area contributed by atoms with Crippen LogP contribution in [-0.2, 0) is 4.74 Å². The van der Waals surface area contributed by atoms with Gasteiger partial charge in [0.1, 0.15) is 5.60 Å². The van der Waals surface area contributed by atoms with Crippen molar-refractivity contribution in [2.45, 2.75) is 65.6 Å². The third-order valence-electron chi connectivity index (χ3n) is 4.19. The molecule has 0 bridgehead atoms. The zero-order chi connectivity index (χ0) is 19.6. The fourth-order valence-corrected chi connectivity index (χ4v) is 3.11. The molecule has 0 radical (unpaired) electrons. The lowest BCUT2D eigenvalue weighted by Crippen LogP contribution is -2.53. The van der Waals surface area contributed by atoms with E-state index in [4.69, 9.17) is 4.74 Å². The monoisotopic (exact) mass is 360 g/mol. The van der Waals surface area contributed by atoms with Crippen molar-refractivity contribution in [3.8, 4) is 0 Å². The van der Waals surface area contributed by atoms with Crippen molar-refractivity contribution in [2.24, 2.45) is 5.92 Å². The number of carbonyl (C=O) groups is 3. The molecule has 1 aliphatic heterocycles. The highest BCUT2D eigenvalue weighted by Gasteiger charge is 2.42. The van der Waals surface area contributed by atoms with Gasteiger partial charge < -0.3 is 10.1 Å². The Morgan fingerprint density at radius 3 is 2.00 bits per heavy atom. The maximum Gasteiger partial charge on any atom is 0.407 e. The minimum Gasteiger partial charge on any atom is -0.444 e. The number of ether oxygens (including phenoxy) is 1. The van der Waals surface area contributed by atoms with E-state index in [1.165, 1.54) is 4.90 Å². The summed E-state index contributed by atoms with van der Waals surface area (Å²) in [6, 6.07) is 5.92. The Labute approximate surface area is 154 Å². The van der Waals surface area contributed by atoms with E-state index in [1.54, 1.807) is 52.0 Å². The summed E-state index contributed by atoms with van der Waals surface area (Å²) < 4.78 is 5.30. The van der Waals surface area contributed by atoms with Gasteiger partial charge in [0.05, 0.1) is 23.2 Å². The highest BCUT2D eigenvalue weighted by atomic mass is 16.6. The normalized spacial score (nSPS) is 16.5. The first-order chi connectivity index (χ1) is 12.0. The van der Waals surface area contributed by atoms with E-state index in [9.17, 15) is 14.4 Å². The van der Waals surface area contributed by atoms with Gasteiger partial charge in [-0.2, -0.15) is 0 Å². The molecule has 6 nitrogen and oxygen atoms in total. The fraction of sp³-hybridized carbons (Fsp3) is 0.550. The average Bonchev–Trinajstić information content (AvgIpc) is 2.75. The summed E-state index contributed by atoms with van der Waals surface area (Å²) in [5, 5.41) is 2.78. The topological polar surface area (TPSA) is 75.7 Å². The number of fused-ring (bicyclic) bond motifs is 1. The van der Waals surface area contributed by atoms with Crippen LogP contribution in [0.25, 0.3) is 0 Å². The van der Waals surface area contributed by atoms with Crippen LogP contribution in [0.3, 0.4) is 0 Å². The highest BCUT2D eigenvalue weighted by molar-refractivity contribution is 6.21. The van der Waals surface area contributed by atoms with E-state index in [0.717, 1.165) is 0 Å². The minimum atomic E-state index is -0.618. The first-order valence-corrected chi connectivity index (χ1v) is 8.97. The van der Waals surface area contributed by atoms with E-state index in [-0.39, 0.29) is 17.7 Å². The van der Waals surface area contributed by atoms with E-state index in [1.807, 2.05) is 13.8 Å². The van der Waals surface area contributed by atoms with Gasteiger partial charge in [0.2, 0.25) is 0 Å². The molecule has 1 heterocycles. The first kappa shape index (κ1) is 19.9. The number of rotatable bonds is 5. The summed E-state index contributed by atoms with van der Waals surface area (Å²) in [5.41, 5.74) is 0.207. The van der Waals surface area contributed by atoms with Crippen LogP contribution >= 0.6 is 0 Å². The summed E-state index contributed by atoms with van der Waals surface area (Å²) in [6.45, 7) is 11.2. The molecule has 0 saturated heterocycles. The molecule has 0 fully saturated rings. The van der Waals surface area contributed by atoms with Crippen molar-refractivity contribution in [3.63, 3.8) is 0 Å². The maximum absolute atomic E-state index is 12.8. The van der Waals surface area contributed by atoms with Crippen molar-refractivity contribution in [1.82, 2.24) is 10.2 Å². The second-order valence-electron chi connectivity index (χ2n) is 8.16. The average molecular weight is 360 g/mol. The van der Waals surface area contributed by atoms with Crippen LogP contribution in [0.5, 0.6) is 0 Å². The van der Waals surface area contributed by atoms with Crippen LogP contribution in [0.15, 0.2) is 24.3 Å². The molecule has 0 aliphatic carbocycles. The van der Waals surface area contributed by atoms with Crippen LogP contribution in [-0.4, -0.2) is 40.5 Å². The van der Waals surface area contributed by atoms with Gasteiger partial charge in [-0.25, -0.2) is 4.79 Å². The lowest BCUT2D eigenvalue weighted by molar-refractivity contribution is 0.0404. The van der Waals surface area contributed by atoms with E-state index < -0.39 is 23.8 Å². The third kappa shape index (κ3) is 4.42. The summed E-state index contributed by atoms with van der Waals surface area (Å²) in [6.07, 6.45) is 0.0259. The Morgan fingerprint density at radius 1 is 1.08 bits per heavy atom. The highest BCUT2D eigenvalue weighted by Crippen LogP contribution is 2.28. The molecule has 2 atom stereocenters. The third-order valence-corrected chi connectivity index (χ3v) is 4.19. The van der Waals surface area contributed by atoms with Gasteiger partial charge in [0.15, 0.2) is 0 Å². The number of alkyl carbamates (subject to hydrolysis) is 1. The van der Waals surface area contributed by atoms with Crippen LogP contribution in [0.2, 0.25) is 0 Å². The molecule has 0 spiro atoms. The molecule has 0 aromatic heterocycles. The Kier molecular flexibility index (Phi) is 5.74. The number of hydrogen-bond acceptors (Lipinski definition) is 4. The maximum atomic E-state index is 12.8. The Balaban J connectivity index is 2.24. The summed E-state index contributed by atoms with van der Waals surface area (Å²) >= 11 is 0. The molecule has 1 aromatic rings. The summed E-state index contributed by atoms with van der Waals surface area (Å²) in [4.78, 5) is 39.0. The number of carbonyl (C=O) groups excluding carboxylic acids is 3. The number of nitrogens with zero attached hydrogens (tertiary/aromatic N) is 1. The Hall–Kier alpha value is -2.37. The SMILES string of the molecule is CC(C)C[C@H]([C@H](C)NC(=O)OC(C)(C)C)N1C(=O)c2ccccc2C1=O. The van der Waals surface area contributed by atoms with Gasteiger partial charge >= 0.3 is 6.09 Å². The van der Waals surface area contributed by atoms with Gasteiger partial charge in [0.25, 0.3) is 11.8 Å². The first-order valence-electron chi connectivity index (χ1n) is 8.97. The number of nitrogens with one attached hydrogen (secondary N) is 1. The van der Waals surface area contributed by atoms with Crippen molar-refractivity contribution in [3.05, 3.63) is 35.4 Å². The predicted molar refractivity (Wildman–Crippen MR) is 99.0 cm³/mol. The Bertz CT molecular complexity index is 671. The smallest absolute Gasteiger partial charge is 0.407 e. The number of imide groups is 1. The van der Waals surface area contributed by atoms with Crippen molar-refractivity contribution >= 4 is 17.9 Å². The molecular formula is C20H28N2O4. The molecule has 1 aliphatic rings. The zero-order valence-electron chi connectivity index (χ0n) is 16.3. The molecule has 3 amide bonds. The van der Waals surface area contributed by atoms with Crippen LogP contribution in [0.4, 0.5) is 4.79 Å². The predicted octanol–water partition coefficient (Wildman–Crippen LogP) is 3.61. The molecule has 1 aromatic carbocycles. The van der Waals surface area contributed by atoms with Gasteiger partial charge in [-0.05, 0) is 52.2 Å². The lowest BCUT2D eigenvalue weighted by Gasteiger charge is -2.33. The van der Waals surface area contributed by atoms with Crippen LogP contribution in [0.1, 0.15) is 68.7 Å². The minimum absolute atomic E-state index is 0.243. The fourth-order valence-electron chi connectivity index (χ4n) is 3.11. The van der Waals surface area contributed by atoms with E-state index >= 15 is 0 Å². The lowest BCUT2D eigenvalue weighted by atomic mass is 9.96. The number of hydrogen-bond donors (Lipinski definition) is 1. The van der Waals surface area contributed by atoms with Gasteiger partial charge in [-0.15, -0.1) is 0 Å². The largest absolute Gasteiger partial charge is 0.444 e. The Morgan fingerprint density at radius 2 is 1.58 bits per heavy atom. The van der Waals surface area contributed by atoms with Gasteiger partial charge in [-0.1, -0.05) is 26.0 Å². The molecule has 0 unspecified atom stereocenters. The number of amides is 3. The van der Waals surface area contributed by atoms with Gasteiger partial charge in [-0.3, -0.25) is 14.5 Å². The standard InChI is InChI=1S/C20H28N2O4/c1-12(2)11-16(13(3)21-19(25)26-20(4,5)6)22-17(23)14-9-7-8-10-15(14)18(22)24/h7-10,12-13,16H,11H2,1-6H3,(H,21,25)/t13-,16+/m0/s1.